The van der Waals surface area contributed by atoms with Crippen LogP contribution >= 0.6 is 11.3 Å². The third-order valence-corrected chi connectivity index (χ3v) is 9.19. The lowest BCUT2D eigenvalue weighted by molar-refractivity contribution is 0.242. The Kier molecular flexibility index (Phi) is 8.70. The van der Waals surface area contributed by atoms with Crippen molar-refractivity contribution in [3.8, 4) is 38.6 Å². The molecule has 1 heterocycles. The molecule has 0 saturated heterocycles. The highest BCUT2D eigenvalue weighted by Gasteiger charge is 2.29. The second kappa shape index (κ2) is 12.4. The molecule has 7 heteroatoms. The fourth-order valence-corrected chi connectivity index (χ4v) is 7.35. The molecule has 1 aliphatic carbocycles. The van der Waals surface area contributed by atoms with Gasteiger partial charge in [-0.1, -0.05) is 67.3 Å². The van der Waals surface area contributed by atoms with Crippen LogP contribution in [0.25, 0.3) is 21.0 Å². The molecule has 40 heavy (non-hydrogen) atoms. The van der Waals surface area contributed by atoms with Gasteiger partial charge in [0.05, 0.1) is 22.3 Å². The van der Waals surface area contributed by atoms with Gasteiger partial charge in [-0.25, -0.2) is 18.1 Å². The molecule has 1 aromatic heterocycles. The molecular formula is C33H34N2O3S2. The van der Waals surface area contributed by atoms with Crippen molar-refractivity contribution in [1.29, 1.82) is 0 Å². The summed E-state index contributed by atoms with van der Waals surface area (Å²) in [6.07, 6.45) is 5.40. The predicted octanol–water partition coefficient (Wildman–Crippen LogP) is 7.52. The van der Waals surface area contributed by atoms with Crippen molar-refractivity contribution in [1.82, 2.24) is 9.71 Å². The summed E-state index contributed by atoms with van der Waals surface area (Å²) < 4.78 is 34.8. The van der Waals surface area contributed by atoms with Gasteiger partial charge >= 0.3 is 0 Å². The van der Waals surface area contributed by atoms with E-state index in [1.165, 1.54) is 5.56 Å². The van der Waals surface area contributed by atoms with E-state index in [0.717, 1.165) is 69.1 Å². The van der Waals surface area contributed by atoms with E-state index in [9.17, 15) is 8.42 Å². The molecule has 0 radical (unpaired) electrons. The Labute approximate surface area is 241 Å². The fourth-order valence-electron chi connectivity index (χ4n) is 4.99. The Bertz CT molecular complexity index is 1650. The number of benzene rings is 3. The first kappa shape index (κ1) is 28.1. The smallest absolute Gasteiger partial charge is 0.216 e. The van der Waals surface area contributed by atoms with Gasteiger partial charge in [0.25, 0.3) is 0 Å². The van der Waals surface area contributed by atoms with Crippen LogP contribution < -0.4 is 9.46 Å². The van der Waals surface area contributed by atoms with E-state index in [2.05, 4.69) is 35.6 Å². The topological polar surface area (TPSA) is 68.3 Å². The van der Waals surface area contributed by atoms with E-state index in [-0.39, 0.29) is 17.9 Å². The number of thiazole rings is 1. The van der Waals surface area contributed by atoms with Gasteiger partial charge in [0.1, 0.15) is 10.8 Å². The lowest BCUT2D eigenvalue weighted by atomic mass is 10.0. The molecule has 3 aromatic carbocycles. The van der Waals surface area contributed by atoms with E-state index in [1.54, 1.807) is 11.3 Å². The normalized spacial score (nSPS) is 14.6. The molecule has 1 atom stereocenters. The van der Waals surface area contributed by atoms with E-state index in [1.807, 2.05) is 74.6 Å². The molecule has 0 spiro atoms. The summed E-state index contributed by atoms with van der Waals surface area (Å²) in [7, 11) is -3.48. The SMILES string of the molecule is CCCC#Cc1cc(-c2ncc(-c3cccc4c3CCC4NS(=O)(=O)Cc3ccccc3)s2)ccc1OC(C)C. The van der Waals surface area contributed by atoms with Gasteiger partial charge in [0.2, 0.25) is 10.0 Å². The maximum Gasteiger partial charge on any atom is 0.216 e. The lowest BCUT2D eigenvalue weighted by Crippen LogP contribution is -2.28. The average Bonchev–Trinajstić information content (AvgIpc) is 3.57. The Morgan fingerprint density at radius 1 is 1.10 bits per heavy atom. The monoisotopic (exact) mass is 570 g/mol. The van der Waals surface area contributed by atoms with Gasteiger partial charge in [-0.05, 0) is 73.6 Å². The van der Waals surface area contributed by atoms with Crippen molar-refractivity contribution in [2.45, 2.75) is 64.4 Å². The standard InChI is InChI=1S/C33H34N2O3S2/c1-4-5-7-13-25-20-26(16-19-31(25)38-23(2)3)33-34-21-32(39-33)29-15-10-14-28-27(29)17-18-30(28)35-40(36,37)22-24-11-8-6-9-12-24/h6,8-12,14-16,19-21,23,30,35H,4-5,17-18,22H2,1-3H3. The number of nitrogens with one attached hydrogen (secondary N) is 1. The van der Waals surface area contributed by atoms with Gasteiger partial charge in [-0.2, -0.15) is 0 Å². The van der Waals surface area contributed by atoms with Gasteiger partial charge < -0.3 is 4.74 Å². The molecule has 1 N–H and O–H groups in total. The van der Waals surface area contributed by atoms with Crippen molar-refractivity contribution in [3.05, 3.63) is 95.2 Å². The second-order valence-electron chi connectivity index (χ2n) is 10.3. The summed E-state index contributed by atoms with van der Waals surface area (Å²) in [5.74, 6) is 7.30. The molecule has 4 aromatic rings. The van der Waals surface area contributed by atoms with Crippen LogP contribution in [-0.4, -0.2) is 19.5 Å². The number of nitrogens with zero attached hydrogens (tertiary/aromatic N) is 1. The van der Waals surface area contributed by atoms with E-state index < -0.39 is 10.0 Å². The highest BCUT2D eigenvalue weighted by Crippen LogP contribution is 2.41. The largest absolute Gasteiger partial charge is 0.490 e. The van der Waals surface area contributed by atoms with Crippen LogP contribution in [0.1, 0.15) is 68.3 Å². The summed E-state index contributed by atoms with van der Waals surface area (Å²) in [6.45, 7) is 6.15. The molecule has 1 aliphatic rings. The van der Waals surface area contributed by atoms with Crippen LogP contribution in [0, 0.1) is 11.8 Å². The number of aromatic nitrogens is 1. The first-order chi connectivity index (χ1) is 19.3. The number of hydrogen-bond donors (Lipinski definition) is 1. The first-order valence-corrected chi connectivity index (χ1v) is 16.2. The van der Waals surface area contributed by atoms with Gasteiger partial charge in [0.15, 0.2) is 0 Å². The zero-order chi connectivity index (χ0) is 28.1. The lowest BCUT2D eigenvalue weighted by Gasteiger charge is -2.15. The molecule has 0 fully saturated rings. The van der Waals surface area contributed by atoms with Crippen LogP contribution in [0.3, 0.4) is 0 Å². The van der Waals surface area contributed by atoms with Crippen LogP contribution in [-0.2, 0) is 22.2 Å². The van der Waals surface area contributed by atoms with E-state index >= 15 is 0 Å². The summed E-state index contributed by atoms with van der Waals surface area (Å²) in [4.78, 5) is 5.83. The number of rotatable bonds is 9. The second-order valence-corrected chi connectivity index (χ2v) is 13.1. The Hall–Kier alpha value is -3.44. The molecular weight excluding hydrogens is 537 g/mol. The Morgan fingerprint density at radius 2 is 1.93 bits per heavy atom. The molecule has 1 unspecified atom stereocenters. The minimum atomic E-state index is -3.48. The number of ether oxygens (including phenoxy) is 1. The van der Waals surface area contributed by atoms with Crippen molar-refractivity contribution in [2.75, 3.05) is 0 Å². The third-order valence-electron chi connectivity index (χ3n) is 6.75. The van der Waals surface area contributed by atoms with E-state index in [4.69, 9.17) is 9.72 Å². The van der Waals surface area contributed by atoms with Gasteiger partial charge in [-0.3, -0.25) is 0 Å². The molecule has 5 rings (SSSR count). The summed E-state index contributed by atoms with van der Waals surface area (Å²) in [5.41, 5.74) is 6.02. The first-order valence-electron chi connectivity index (χ1n) is 13.7. The summed E-state index contributed by atoms with van der Waals surface area (Å²) in [6, 6.07) is 21.3. The molecule has 5 nitrogen and oxygen atoms in total. The fraction of sp³-hybridized carbons (Fsp3) is 0.303. The quantitative estimate of drug-likeness (QED) is 0.211. The molecule has 206 valence electrons. The summed E-state index contributed by atoms with van der Waals surface area (Å²) in [5, 5.41) is 0.917. The van der Waals surface area contributed by atoms with Crippen LogP contribution in [0.2, 0.25) is 0 Å². The number of sulfonamides is 1. The molecule has 0 amide bonds. The zero-order valence-electron chi connectivity index (χ0n) is 23.1. The third kappa shape index (κ3) is 6.64. The molecule has 0 aliphatic heterocycles. The predicted molar refractivity (Wildman–Crippen MR) is 164 cm³/mol. The van der Waals surface area contributed by atoms with Gasteiger partial charge in [-0.15, -0.1) is 11.3 Å². The van der Waals surface area contributed by atoms with Crippen LogP contribution in [0.4, 0.5) is 0 Å². The Balaban J connectivity index is 1.39. The average molecular weight is 571 g/mol. The van der Waals surface area contributed by atoms with Crippen molar-refractivity contribution in [2.24, 2.45) is 0 Å². The van der Waals surface area contributed by atoms with Crippen molar-refractivity contribution >= 4 is 21.4 Å². The number of unbranched alkanes of at least 4 members (excludes halogenated alkanes) is 1. The minimum absolute atomic E-state index is 0.0244. The zero-order valence-corrected chi connectivity index (χ0v) is 24.7. The molecule has 0 saturated carbocycles. The number of hydrogen-bond acceptors (Lipinski definition) is 5. The van der Waals surface area contributed by atoms with Crippen LogP contribution in [0.5, 0.6) is 5.75 Å². The van der Waals surface area contributed by atoms with Crippen molar-refractivity contribution in [3.63, 3.8) is 0 Å². The molecule has 0 bridgehead atoms. The highest BCUT2D eigenvalue weighted by molar-refractivity contribution is 7.88. The van der Waals surface area contributed by atoms with E-state index in [0.29, 0.717) is 0 Å². The number of fused-ring (bicyclic) bond motifs is 1. The highest BCUT2D eigenvalue weighted by atomic mass is 32.2. The maximum atomic E-state index is 12.9. The minimum Gasteiger partial charge on any atom is -0.490 e. The van der Waals surface area contributed by atoms with Crippen molar-refractivity contribution < 1.29 is 13.2 Å². The Morgan fingerprint density at radius 3 is 2.70 bits per heavy atom. The van der Waals surface area contributed by atoms with Gasteiger partial charge in [0, 0.05) is 24.2 Å². The maximum absolute atomic E-state index is 12.9. The van der Waals surface area contributed by atoms with Crippen LogP contribution in [0.15, 0.2) is 72.9 Å². The summed E-state index contributed by atoms with van der Waals surface area (Å²) >= 11 is 1.64.